The largest absolute Gasteiger partial charge is 0.493 e. The van der Waals surface area contributed by atoms with E-state index < -0.39 is 0 Å². The van der Waals surface area contributed by atoms with Crippen LogP contribution in [0.25, 0.3) is 0 Å². The molecule has 0 unspecified atom stereocenters. The van der Waals surface area contributed by atoms with Crippen LogP contribution in [0.2, 0.25) is 0 Å². The van der Waals surface area contributed by atoms with Crippen LogP contribution >= 0.6 is 0 Å². The molecule has 9 nitrogen and oxygen atoms in total. The molecule has 0 saturated heterocycles. The highest BCUT2D eigenvalue weighted by Crippen LogP contribution is 2.38. The highest BCUT2D eigenvalue weighted by Gasteiger charge is 2.22. The number of methoxy groups -OCH3 is 3. The molecule has 1 N–H and O–H groups in total. The molecule has 0 aliphatic carbocycles. The van der Waals surface area contributed by atoms with Crippen molar-refractivity contribution in [3.8, 4) is 17.2 Å². The number of likely N-dealkylation sites (N-methyl/N-ethyl adjacent to an activating group) is 1. The van der Waals surface area contributed by atoms with Gasteiger partial charge in [0.1, 0.15) is 12.8 Å². The van der Waals surface area contributed by atoms with Gasteiger partial charge in [0.15, 0.2) is 17.3 Å². The molecule has 2 amide bonds. The molecule has 2 rings (SSSR count). The van der Waals surface area contributed by atoms with Crippen LogP contribution < -0.4 is 19.5 Å². The zero-order valence-electron chi connectivity index (χ0n) is 15.1. The van der Waals surface area contributed by atoms with Crippen molar-refractivity contribution < 1.29 is 28.3 Å². The van der Waals surface area contributed by atoms with Crippen LogP contribution in [-0.4, -0.2) is 56.3 Å². The van der Waals surface area contributed by atoms with E-state index in [2.05, 4.69) is 15.0 Å². The summed E-state index contributed by atoms with van der Waals surface area (Å²) >= 11 is 0. The fourth-order valence-corrected chi connectivity index (χ4v) is 2.35. The first-order chi connectivity index (χ1) is 12.5. The lowest BCUT2D eigenvalue weighted by atomic mass is 10.1. The number of aromatic nitrogens is 1. The molecule has 0 fully saturated rings. The van der Waals surface area contributed by atoms with Gasteiger partial charge in [-0.1, -0.05) is 5.16 Å². The van der Waals surface area contributed by atoms with E-state index in [1.807, 2.05) is 0 Å². The Balaban J connectivity index is 2.20. The second kappa shape index (κ2) is 8.75. The van der Waals surface area contributed by atoms with Crippen LogP contribution in [-0.2, 0) is 4.79 Å². The summed E-state index contributed by atoms with van der Waals surface area (Å²) in [6, 6.07) is 4.60. The van der Waals surface area contributed by atoms with Crippen molar-refractivity contribution in [2.24, 2.45) is 0 Å². The second-order valence-corrected chi connectivity index (χ2v) is 5.17. The molecule has 0 spiro atoms. The number of rotatable bonds is 8. The molecule has 0 aliphatic rings. The summed E-state index contributed by atoms with van der Waals surface area (Å²) in [7, 11) is 4.41. The van der Waals surface area contributed by atoms with Gasteiger partial charge in [0.2, 0.25) is 11.7 Å². The van der Waals surface area contributed by atoms with Gasteiger partial charge in [0.05, 0.1) is 21.3 Å². The Morgan fingerprint density at radius 1 is 1.15 bits per heavy atom. The van der Waals surface area contributed by atoms with Crippen molar-refractivity contribution in [2.75, 3.05) is 39.7 Å². The minimum atomic E-state index is -0.387. The average molecular weight is 363 g/mol. The van der Waals surface area contributed by atoms with Crippen molar-refractivity contribution in [3.63, 3.8) is 0 Å². The number of nitrogens with one attached hydrogen (secondary N) is 1. The highest BCUT2D eigenvalue weighted by molar-refractivity contribution is 5.99. The Kier molecular flexibility index (Phi) is 6.42. The van der Waals surface area contributed by atoms with Crippen molar-refractivity contribution in [1.29, 1.82) is 0 Å². The quantitative estimate of drug-likeness (QED) is 0.763. The van der Waals surface area contributed by atoms with E-state index in [4.69, 9.17) is 14.2 Å². The number of benzene rings is 1. The molecule has 1 heterocycles. The number of nitrogens with zero attached hydrogens (tertiary/aromatic N) is 2. The summed E-state index contributed by atoms with van der Waals surface area (Å²) in [6.45, 7) is 1.97. The number of carbonyl (C=O) groups excluding carboxylic acids is 2. The van der Waals surface area contributed by atoms with Gasteiger partial charge in [-0.2, -0.15) is 0 Å². The summed E-state index contributed by atoms with van der Waals surface area (Å²) in [5.74, 6) is 0.657. The number of carbonyl (C=O) groups is 2. The van der Waals surface area contributed by atoms with Gasteiger partial charge in [-0.05, 0) is 19.1 Å². The molecular formula is C17H21N3O6. The van der Waals surface area contributed by atoms with Crippen LogP contribution in [0.15, 0.2) is 29.0 Å². The van der Waals surface area contributed by atoms with Crippen LogP contribution in [0.3, 0.4) is 0 Å². The van der Waals surface area contributed by atoms with Crippen LogP contribution in [0.4, 0.5) is 5.82 Å². The normalized spacial score (nSPS) is 10.2. The summed E-state index contributed by atoms with van der Waals surface area (Å²) in [6.07, 6.45) is 1.34. The summed E-state index contributed by atoms with van der Waals surface area (Å²) in [4.78, 5) is 26.3. The molecule has 140 valence electrons. The first kappa shape index (κ1) is 19.1. The van der Waals surface area contributed by atoms with Gasteiger partial charge in [-0.15, -0.1) is 0 Å². The maximum Gasteiger partial charge on any atom is 0.254 e. The zero-order chi connectivity index (χ0) is 19.1. The Hall–Kier alpha value is -3.23. The number of anilines is 1. The van der Waals surface area contributed by atoms with E-state index in [9.17, 15) is 9.59 Å². The third kappa shape index (κ3) is 4.24. The Labute approximate surface area is 150 Å². The first-order valence-corrected chi connectivity index (χ1v) is 7.83. The molecule has 0 atom stereocenters. The highest BCUT2D eigenvalue weighted by atomic mass is 16.5. The molecule has 0 radical (unpaired) electrons. The number of ether oxygens (including phenoxy) is 3. The van der Waals surface area contributed by atoms with Crippen molar-refractivity contribution in [3.05, 3.63) is 30.0 Å². The fourth-order valence-electron chi connectivity index (χ4n) is 2.35. The van der Waals surface area contributed by atoms with Gasteiger partial charge in [0.25, 0.3) is 5.91 Å². The summed E-state index contributed by atoms with van der Waals surface area (Å²) in [5.41, 5.74) is 0.315. The van der Waals surface area contributed by atoms with Gasteiger partial charge in [0, 0.05) is 18.2 Å². The zero-order valence-corrected chi connectivity index (χ0v) is 15.1. The van der Waals surface area contributed by atoms with E-state index in [0.29, 0.717) is 29.4 Å². The third-order valence-electron chi connectivity index (χ3n) is 3.62. The molecule has 0 aliphatic heterocycles. The van der Waals surface area contributed by atoms with Crippen LogP contribution in [0.5, 0.6) is 17.2 Å². The standard InChI is InChI=1S/C17H21N3O6/c1-5-20(10-15(21)18-14-6-7-26-19-14)17(22)11-8-12(23-2)16(25-4)13(9-11)24-3/h6-9H,5,10H2,1-4H3,(H,18,19,21). The molecule has 0 bridgehead atoms. The van der Waals surface area contributed by atoms with Gasteiger partial charge >= 0.3 is 0 Å². The summed E-state index contributed by atoms with van der Waals surface area (Å²) in [5, 5.41) is 6.15. The SMILES string of the molecule is CCN(CC(=O)Nc1ccon1)C(=O)c1cc(OC)c(OC)c(OC)c1. The molecular weight excluding hydrogens is 342 g/mol. The van der Waals surface area contributed by atoms with E-state index in [1.54, 1.807) is 19.1 Å². The monoisotopic (exact) mass is 363 g/mol. The van der Waals surface area contributed by atoms with Crippen molar-refractivity contribution in [2.45, 2.75) is 6.92 Å². The lowest BCUT2D eigenvalue weighted by Gasteiger charge is -2.21. The second-order valence-electron chi connectivity index (χ2n) is 5.17. The lowest BCUT2D eigenvalue weighted by molar-refractivity contribution is -0.116. The molecule has 1 aromatic carbocycles. The van der Waals surface area contributed by atoms with E-state index in [1.165, 1.54) is 38.6 Å². The maximum atomic E-state index is 12.8. The predicted octanol–water partition coefficient (Wildman–Crippen LogP) is 1.80. The maximum absolute atomic E-state index is 12.8. The molecule has 1 aromatic heterocycles. The Morgan fingerprint density at radius 2 is 1.81 bits per heavy atom. The van der Waals surface area contributed by atoms with Gasteiger partial charge in [-0.3, -0.25) is 9.59 Å². The topological polar surface area (TPSA) is 103 Å². The van der Waals surface area contributed by atoms with E-state index in [-0.39, 0.29) is 24.2 Å². The third-order valence-corrected chi connectivity index (χ3v) is 3.62. The molecule has 2 aromatic rings. The number of hydrogen-bond donors (Lipinski definition) is 1. The van der Waals surface area contributed by atoms with Crippen LogP contribution in [0, 0.1) is 0 Å². The van der Waals surface area contributed by atoms with Crippen molar-refractivity contribution in [1.82, 2.24) is 10.1 Å². The molecule has 9 heteroatoms. The summed E-state index contributed by atoms with van der Waals surface area (Å²) < 4.78 is 20.4. The smallest absolute Gasteiger partial charge is 0.254 e. The Morgan fingerprint density at radius 3 is 2.27 bits per heavy atom. The first-order valence-electron chi connectivity index (χ1n) is 7.83. The van der Waals surface area contributed by atoms with Crippen molar-refractivity contribution >= 4 is 17.6 Å². The minimum Gasteiger partial charge on any atom is -0.493 e. The minimum absolute atomic E-state index is 0.140. The molecule has 0 saturated carbocycles. The predicted molar refractivity (Wildman–Crippen MR) is 92.8 cm³/mol. The van der Waals surface area contributed by atoms with E-state index >= 15 is 0 Å². The number of hydrogen-bond acceptors (Lipinski definition) is 7. The lowest BCUT2D eigenvalue weighted by Crippen LogP contribution is -2.38. The number of amides is 2. The average Bonchev–Trinajstić information content (AvgIpc) is 3.16. The van der Waals surface area contributed by atoms with E-state index in [0.717, 1.165) is 0 Å². The molecule has 26 heavy (non-hydrogen) atoms. The fraction of sp³-hybridized carbons (Fsp3) is 0.353. The Bertz CT molecular complexity index is 735. The van der Waals surface area contributed by atoms with Gasteiger partial charge in [-0.25, -0.2) is 0 Å². The van der Waals surface area contributed by atoms with Crippen LogP contribution in [0.1, 0.15) is 17.3 Å². The van der Waals surface area contributed by atoms with Gasteiger partial charge < -0.3 is 29.0 Å².